The van der Waals surface area contributed by atoms with Gasteiger partial charge < -0.3 is 4.74 Å². The molecular formula is C25H36O2S. The minimum Gasteiger partial charge on any atom is -0.466 e. The van der Waals surface area contributed by atoms with E-state index in [2.05, 4.69) is 73.8 Å². The molecule has 0 bridgehead atoms. The van der Waals surface area contributed by atoms with Gasteiger partial charge in [0.05, 0.1) is 12.5 Å². The van der Waals surface area contributed by atoms with Crippen molar-refractivity contribution >= 4 is 23.6 Å². The number of ether oxygens (including phenoxy) is 1. The third-order valence-electron chi connectivity index (χ3n) is 3.74. The molecule has 0 radical (unpaired) electrons. The first kappa shape index (κ1) is 26.0. The molecule has 0 fully saturated rings. The van der Waals surface area contributed by atoms with Gasteiger partial charge in [-0.15, -0.1) is 0 Å². The standard InChI is InChI=1S/C25H36O2S/c1-3-5-6-7-8-9-10-11-12-13-14-15-16-17-18-19-20-21-22-24(23-28)25(26)27-4-2/h5-6,8-9,11-12,14-15,17-18,20-21,23-24H,3-4,7,10,13,16,19,22H2,1-2H3/b6-5-,9-8-,12-11-,15-14-,18-17-,21-20+. The van der Waals surface area contributed by atoms with Gasteiger partial charge in [-0.3, -0.25) is 4.79 Å². The van der Waals surface area contributed by atoms with E-state index >= 15 is 0 Å². The molecule has 0 aromatic rings. The Bertz CT molecular complexity index is 565. The van der Waals surface area contributed by atoms with Crippen molar-refractivity contribution in [3.05, 3.63) is 72.9 Å². The van der Waals surface area contributed by atoms with Gasteiger partial charge in [0.15, 0.2) is 0 Å². The van der Waals surface area contributed by atoms with Crippen LogP contribution in [0.15, 0.2) is 72.9 Å². The number of hydrogen-bond acceptors (Lipinski definition) is 3. The van der Waals surface area contributed by atoms with Crippen LogP contribution in [0.1, 0.15) is 58.8 Å². The lowest BCUT2D eigenvalue weighted by Gasteiger charge is -2.07. The number of carbonyl (C=O) groups is 1. The van der Waals surface area contributed by atoms with E-state index in [0.29, 0.717) is 13.0 Å². The summed E-state index contributed by atoms with van der Waals surface area (Å²) in [6, 6.07) is 0. The smallest absolute Gasteiger partial charge is 0.313 e. The zero-order chi connectivity index (χ0) is 20.7. The number of thiocarbonyl (C=S) groups is 1. The molecule has 154 valence electrons. The SMILES string of the molecule is CC/C=C\C/C=C\C/C=C\C/C=C\C/C=C\C/C=C/CC(C=S)C(=O)OCC. The summed E-state index contributed by atoms with van der Waals surface area (Å²) in [5.41, 5.74) is 0. The van der Waals surface area contributed by atoms with E-state index in [1.165, 1.54) is 5.37 Å². The van der Waals surface area contributed by atoms with Gasteiger partial charge in [0.25, 0.3) is 0 Å². The molecule has 28 heavy (non-hydrogen) atoms. The molecule has 0 saturated carbocycles. The molecule has 0 aromatic heterocycles. The van der Waals surface area contributed by atoms with Gasteiger partial charge in [-0.2, -0.15) is 0 Å². The molecule has 2 nitrogen and oxygen atoms in total. The topological polar surface area (TPSA) is 26.3 Å². The highest BCUT2D eigenvalue weighted by molar-refractivity contribution is 7.79. The average molecular weight is 401 g/mol. The first-order valence-electron chi connectivity index (χ1n) is 10.3. The fourth-order valence-electron chi connectivity index (χ4n) is 2.22. The number of rotatable bonds is 16. The van der Waals surface area contributed by atoms with Crippen LogP contribution in [0, 0.1) is 5.92 Å². The highest BCUT2D eigenvalue weighted by Gasteiger charge is 2.14. The molecule has 0 aliphatic rings. The van der Waals surface area contributed by atoms with Crippen molar-refractivity contribution in [2.45, 2.75) is 58.8 Å². The summed E-state index contributed by atoms with van der Waals surface area (Å²) in [5.74, 6) is -0.559. The lowest BCUT2D eigenvalue weighted by Crippen LogP contribution is -2.17. The molecule has 0 aliphatic heterocycles. The van der Waals surface area contributed by atoms with Gasteiger partial charge in [-0.05, 0) is 57.2 Å². The van der Waals surface area contributed by atoms with Gasteiger partial charge in [0, 0.05) is 0 Å². The average Bonchev–Trinajstić information content (AvgIpc) is 2.70. The first-order valence-corrected chi connectivity index (χ1v) is 10.7. The van der Waals surface area contributed by atoms with Crippen LogP contribution >= 0.6 is 12.2 Å². The van der Waals surface area contributed by atoms with Crippen molar-refractivity contribution in [1.82, 2.24) is 0 Å². The lowest BCUT2D eigenvalue weighted by atomic mass is 10.1. The molecule has 0 rings (SSSR count). The van der Waals surface area contributed by atoms with Crippen LogP contribution in [0.3, 0.4) is 0 Å². The monoisotopic (exact) mass is 400 g/mol. The summed E-state index contributed by atoms with van der Waals surface area (Å²) in [6.45, 7) is 4.34. The lowest BCUT2D eigenvalue weighted by molar-refractivity contribution is -0.145. The minimum atomic E-state index is -0.320. The quantitative estimate of drug-likeness (QED) is 0.155. The fraction of sp³-hybridized carbons (Fsp3) is 0.440. The van der Waals surface area contributed by atoms with Crippen LogP contribution in [0.4, 0.5) is 0 Å². The van der Waals surface area contributed by atoms with Gasteiger partial charge in [-0.1, -0.05) is 92.1 Å². The van der Waals surface area contributed by atoms with Crippen molar-refractivity contribution in [2.24, 2.45) is 5.92 Å². The summed E-state index contributed by atoms with van der Waals surface area (Å²) in [5, 5.41) is 1.48. The molecule has 0 aliphatic carbocycles. The zero-order valence-corrected chi connectivity index (χ0v) is 18.3. The maximum absolute atomic E-state index is 11.6. The molecule has 0 N–H and O–H groups in total. The summed E-state index contributed by atoms with van der Waals surface area (Å²) >= 11 is 4.89. The van der Waals surface area contributed by atoms with Gasteiger partial charge in [0.2, 0.25) is 0 Å². The minimum absolute atomic E-state index is 0.239. The van der Waals surface area contributed by atoms with E-state index in [9.17, 15) is 4.79 Å². The third-order valence-corrected chi connectivity index (χ3v) is 4.07. The number of hydrogen-bond donors (Lipinski definition) is 0. The van der Waals surface area contributed by atoms with Gasteiger partial charge in [0.1, 0.15) is 0 Å². The normalized spacial score (nSPS) is 13.8. The predicted octanol–water partition coefficient (Wildman–Crippen LogP) is 7.25. The van der Waals surface area contributed by atoms with Crippen LogP contribution in [-0.2, 0) is 9.53 Å². The molecular weight excluding hydrogens is 364 g/mol. The van der Waals surface area contributed by atoms with Crippen LogP contribution in [0.2, 0.25) is 0 Å². The Balaban J connectivity index is 3.75. The van der Waals surface area contributed by atoms with Gasteiger partial charge in [-0.25, -0.2) is 0 Å². The molecule has 1 atom stereocenters. The highest BCUT2D eigenvalue weighted by Crippen LogP contribution is 2.05. The van der Waals surface area contributed by atoms with Crippen molar-refractivity contribution in [3.63, 3.8) is 0 Å². The molecule has 0 spiro atoms. The van der Waals surface area contributed by atoms with Gasteiger partial charge >= 0.3 is 5.97 Å². The van der Waals surface area contributed by atoms with E-state index in [1.54, 1.807) is 6.92 Å². The van der Waals surface area contributed by atoms with Crippen LogP contribution in [0.25, 0.3) is 0 Å². The Morgan fingerprint density at radius 2 is 1.11 bits per heavy atom. The van der Waals surface area contributed by atoms with E-state index in [0.717, 1.165) is 38.5 Å². The third kappa shape index (κ3) is 17.4. The summed E-state index contributed by atoms with van der Waals surface area (Å²) in [6.07, 6.45) is 32.4. The number of esters is 1. The second-order valence-corrected chi connectivity index (χ2v) is 6.42. The summed E-state index contributed by atoms with van der Waals surface area (Å²) in [7, 11) is 0. The van der Waals surface area contributed by atoms with Crippen LogP contribution < -0.4 is 0 Å². The zero-order valence-electron chi connectivity index (χ0n) is 17.5. The number of allylic oxidation sites excluding steroid dienone is 12. The van der Waals surface area contributed by atoms with E-state index in [4.69, 9.17) is 17.0 Å². The molecule has 1 unspecified atom stereocenters. The largest absolute Gasteiger partial charge is 0.466 e. The second kappa shape index (κ2) is 21.3. The van der Waals surface area contributed by atoms with Crippen molar-refractivity contribution < 1.29 is 9.53 Å². The van der Waals surface area contributed by atoms with Crippen molar-refractivity contribution in [2.75, 3.05) is 6.61 Å². The maximum atomic E-state index is 11.6. The molecule has 0 heterocycles. The Labute approximate surface area is 177 Å². The Hall–Kier alpha value is -2.00. The van der Waals surface area contributed by atoms with Crippen molar-refractivity contribution in [3.8, 4) is 0 Å². The maximum Gasteiger partial charge on any atom is 0.313 e. The van der Waals surface area contributed by atoms with E-state index in [-0.39, 0.29) is 11.9 Å². The van der Waals surface area contributed by atoms with E-state index < -0.39 is 0 Å². The van der Waals surface area contributed by atoms with Crippen LogP contribution in [-0.4, -0.2) is 17.9 Å². The first-order chi connectivity index (χ1) is 13.8. The molecule has 0 amide bonds. The van der Waals surface area contributed by atoms with E-state index in [1.807, 2.05) is 6.08 Å². The second-order valence-electron chi connectivity index (χ2n) is 6.15. The van der Waals surface area contributed by atoms with Crippen molar-refractivity contribution in [1.29, 1.82) is 0 Å². The predicted molar refractivity (Wildman–Crippen MR) is 127 cm³/mol. The summed E-state index contributed by atoms with van der Waals surface area (Å²) < 4.78 is 4.98. The highest BCUT2D eigenvalue weighted by atomic mass is 32.1. The van der Waals surface area contributed by atoms with Crippen LogP contribution in [0.5, 0.6) is 0 Å². The Morgan fingerprint density at radius 3 is 1.46 bits per heavy atom. The Kier molecular flexibility index (Phi) is 19.8. The Morgan fingerprint density at radius 1 is 0.714 bits per heavy atom. The molecule has 3 heteroatoms. The fourth-order valence-corrected chi connectivity index (χ4v) is 2.44. The molecule has 0 aromatic carbocycles. The summed E-state index contributed by atoms with van der Waals surface area (Å²) in [4.78, 5) is 11.6. The molecule has 0 saturated heterocycles. The number of carbonyl (C=O) groups excluding carboxylic acids is 1.